The number of aryl methyl sites for hydroxylation is 1. The second-order valence-corrected chi connectivity index (χ2v) is 5.42. The van der Waals surface area contributed by atoms with Crippen LogP contribution < -0.4 is 10.6 Å². The van der Waals surface area contributed by atoms with Gasteiger partial charge in [-0.3, -0.25) is 24.4 Å². The Labute approximate surface area is 144 Å². The number of nitrogens with one attached hydrogen (secondary N) is 2. The van der Waals surface area contributed by atoms with Crippen molar-refractivity contribution in [2.75, 3.05) is 11.9 Å². The Kier molecular flexibility index (Phi) is 5.48. The van der Waals surface area contributed by atoms with Crippen molar-refractivity contribution >= 4 is 23.2 Å². The van der Waals surface area contributed by atoms with Crippen LogP contribution in [-0.4, -0.2) is 33.1 Å². The third-order valence-corrected chi connectivity index (χ3v) is 3.57. The predicted molar refractivity (Wildman–Crippen MR) is 91.4 cm³/mol. The summed E-state index contributed by atoms with van der Waals surface area (Å²) in [5.74, 6) is -0.624. The molecule has 0 unspecified atom stereocenters. The Balaban J connectivity index is 2.11. The molecule has 2 rings (SSSR count). The minimum Gasteiger partial charge on any atom is -0.352 e. The van der Waals surface area contributed by atoms with E-state index in [1.165, 1.54) is 11.6 Å². The molecule has 0 radical (unpaired) electrons. The van der Waals surface area contributed by atoms with Gasteiger partial charge in [0.05, 0.1) is 4.92 Å². The van der Waals surface area contributed by atoms with Crippen LogP contribution in [0.15, 0.2) is 24.3 Å². The molecular formula is C16H19N5O4. The number of amides is 2. The van der Waals surface area contributed by atoms with Crippen molar-refractivity contribution in [3.63, 3.8) is 0 Å². The molecule has 2 aromatic rings. The molecule has 1 heterocycles. The number of carbonyl (C=O) groups excluding carboxylic acids is 2. The number of hydrogen-bond acceptors (Lipinski definition) is 5. The molecule has 1 aromatic heterocycles. The van der Waals surface area contributed by atoms with Crippen molar-refractivity contribution in [1.29, 1.82) is 0 Å². The van der Waals surface area contributed by atoms with Crippen molar-refractivity contribution < 1.29 is 14.5 Å². The second-order valence-electron chi connectivity index (χ2n) is 5.42. The van der Waals surface area contributed by atoms with Crippen LogP contribution in [0.2, 0.25) is 0 Å². The summed E-state index contributed by atoms with van der Waals surface area (Å²) in [7, 11) is 0. The summed E-state index contributed by atoms with van der Waals surface area (Å²) >= 11 is 0. The van der Waals surface area contributed by atoms with E-state index < -0.39 is 10.8 Å². The zero-order chi connectivity index (χ0) is 18.6. The summed E-state index contributed by atoms with van der Waals surface area (Å²) in [5, 5.41) is 20.4. The Morgan fingerprint density at radius 3 is 2.64 bits per heavy atom. The highest BCUT2D eigenvalue weighted by Crippen LogP contribution is 2.21. The fourth-order valence-electron chi connectivity index (χ4n) is 2.44. The van der Waals surface area contributed by atoms with Crippen molar-refractivity contribution in [3.8, 4) is 0 Å². The van der Waals surface area contributed by atoms with Crippen molar-refractivity contribution in [2.45, 2.75) is 27.3 Å². The van der Waals surface area contributed by atoms with Crippen LogP contribution in [0.25, 0.3) is 0 Å². The summed E-state index contributed by atoms with van der Waals surface area (Å²) in [5.41, 5.74) is 1.37. The number of nitro groups is 1. The Bertz CT molecular complexity index is 828. The molecular weight excluding hydrogens is 326 g/mol. The fraction of sp³-hybridized carbons (Fsp3) is 0.312. The molecule has 132 valence electrons. The average molecular weight is 345 g/mol. The van der Waals surface area contributed by atoms with Gasteiger partial charge in [0.1, 0.15) is 17.9 Å². The SMILES string of the molecule is CCNC(=O)c1cccc(NC(=O)Cn2nc(C)c([N+](=O)[O-])c2C)c1. The average Bonchev–Trinajstić information content (AvgIpc) is 2.81. The topological polar surface area (TPSA) is 119 Å². The smallest absolute Gasteiger partial charge is 0.312 e. The normalized spacial score (nSPS) is 10.4. The third kappa shape index (κ3) is 4.19. The van der Waals surface area contributed by atoms with Crippen LogP contribution >= 0.6 is 0 Å². The van der Waals surface area contributed by atoms with Crippen LogP contribution in [-0.2, 0) is 11.3 Å². The van der Waals surface area contributed by atoms with Gasteiger partial charge in [-0.2, -0.15) is 5.10 Å². The Morgan fingerprint density at radius 1 is 1.32 bits per heavy atom. The van der Waals surface area contributed by atoms with Gasteiger partial charge in [0.2, 0.25) is 5.91 Å². The lowest BCUT2D eigenvalue weighted by Gasteiger charge is -2.08. The standard InChI is InChI=1S/C16H19N5O4/c1-4-17-16(23)12-6-5-7-13(8-12)18-14(22)9-20-11(3)15(21(24)25)10(2)19-20/h5-8H,4,9H2,1-3H3,(H,17,23)(H,18,22). The van der Waals surface area contributed by atoms with E-state index in [4.69, 9.17) is 0 Å². The first-order valence-electron chi connectivity index (χ1n) is 7.70. The van der Waals surface area contributed by atoms with Crippen molar-refractivity contribution in [1.82, 2.24) is 15.1 Å². The number of nitrogens with zero attached hydrogens (tertiary/aromatic N) is 3. The maximum Gasteiger partial charge on any atom is 0.312 e. The molecule has 0 spiro atoms. The van der Waals surface area contributed by atoms with Gasteiger partial charge in [0.15, 0.2) is 0 Å². The second kappa shape index (κ2) is 7.56. The molecule has 25 heavy (non-hydrogen) atoms. The van der Waals surface area contributed by atoms with Gasteiger partial charge in [-0.15, -0.1) is 0 Å². The van der Waals surface area contributed by atoms with Crippen LogP contribution in [0, 0.1) is 24.0 Å². The molecule has 0 atom stereocenters. The largest absolute Gasteiger partial charge is 0.352 e. The monoisotopic (exact) mass is 345 g/mol. The van der Waals surface area contributed by atoms with E-state index in [1.807, 2.05) is 6.92 Å². The van der Waals surface area contributed by atoms with Gasteiger partial charge in [-0.05, 0) is 39.0 Å². The van der Waals surface area contributed by atoms with Crippen molar-refractivity contribution in [2.24, 2.45) is 0 Å². The van der Waals surface area contributed by atoms with Crippen LogP contribution in [0.4, 0.5) is 11.4 Å². The molecule has 0 saturated heterocycles. The van der Waals surface area contributed by atoms with Crippen LogP contribution in [0.3, 0.4) is 0 Å². The molecule has 9 heteroatoms. The first kappa shape index (κ1) is 18.1. The Morgan fingerprint density at radius 2 is 2.04 bits per heavy atom. The number of carbonyl (C=O) groups is 2. The van der Waals surface area contributed by atoms with E-state index in [-0.39, 0.29) is 23.8 Å². The summed E-state index contributed by atoms with van der Waals surface area (Å²) in [6.45, 7) is 5.23. The maximum atomic E-state index is 12.2. The molecule has 0 fully saturated rings. The van der Waals surface area contributed by atoms with Crippen LogP contribution in [0.1, 0.15) is 28.7 Å². The summed E-state index contributed by atoms with van der Waals surface area (Å²) in [6, 6.07) is 6.52. The zero-order valence-corrected chi connectivity index (χ0v) is 14.2. The fourth-order valence-corrected chi connectivity index (χ4v) is 2.44. The van der Waals surface area contributed by atoms with Gasteiger partial charge >= 0.3 is 5.69 Å². The molecule has 0 aliphatic carbocycles. The molecule has 2 amide bonds. The lowest BCUT2D eigenvalue weighted by Crippen LogP contribution is -2.23. The molecule has 0 aliphatic rings. The van der Waals surface area contributed by atoms with Gasteiger partial charge in [-0.25, -0.2) is 0 Å². The Hall–Kier alpha value is -3.23. The molecule has 0 bridgehead atoms. The number of aromatic nitrogens is 2. The predicted octanol–water partition coefficient (Wildman–Crippen LogP) is 1.80. The van der Waals surface area contributed by atoms with Gasteiger partial charge < -0.3 is 10.6 Å². The quantitative estimate of drug-likeness (QED) is 0.611. The lowest BCUT2D eigenvalue weighted by molar-refractivity contribution is -0.386. The first-order valence-corrected chi connectivity index (χ1v) is 7.70. The number of hydrogen-bond donors (Lipinski definition) is 2. The van der Waals surface area contributed by atoms with E-state index in [0.29, 0.717) is 23.5 Å². The molecule has 0 aliphatic heterocycles. The molecule has 9 nitrogen and oxygen atoms in total. The van der Waals surface area contributed by atoms with E-state index >= 15 is 0 Å². The van der Waals surface area contributed by atoms with E-state index in [2.05, 4.69) is 15.7 Å². The zero-order valence-electron chi connectivity index (χ0n) is 14.2. The number of anilines is 1. The van der Waals surface area contributed by atoms with E-state index in [0.717, 1.165) is 0 Å². The highest BCUT2D eigenvalue weighted by Gasteiger charge is 2.22. The first-order chi connectivity index (χ1) is 11.8. The number of rotatable bonds is 6. The molecule has 1 aromatic carbocycles. The molecule has 2 N–H and O–H groups in total. The van der Waals surface area contributed by atoms with Gasteiger partial charge in [-0.1, -0.05) is 6.07 Å². The highest BCUT2D eigenvalue weighted by molar-refractivity contribution is 5.97. The third-order valence-electron chi connectivity index (χ3n) is 3.57. The minimum atomic E-state index is -0.512. The highest BCUT2D eigenvalue weighted by atomic mass is 16.6. The van der Waals surface area contributed by atoms with Gasteiger partial charge in [0.25, 0.3) is 5.91 Å². The van der Waals surface area contributed by atoms with Crippen molar-refractivity contribution in [3.05, 3.63) is 51.3 Å². The van der Waals surface area contributed by atoms with E-state index in [1.54, 1.807) is 31.2 Å². The summed E-state index contributed by atoms with van der Waals surface area (Å²) < 4.78 is 1.29. The summed E-state index contributed by atoms with van der Waals surface area (Å²) in [6.07, 6.45) is 0. The lowest BCUT2D eigenvalue weighted by atomic mass is 10.2. The van der Waals surface area contributed by atoms with E-state index in [9.17, 15) is 19.7 Å². The number of benzene rings is 1. The van der Waals surface area contributed by atoms with Gasteiger partial charge in [0, 0.05) is 17.8 Å². The summed E-state index contributed by atoms with van der Waals surface area (Å²) in [4.78, 5) is 34.5. The maximum absolute atomic E-state index is 12.2. The minimum absolute atomic E-state index is 0.0916. The van der Waals surface area contributed by atoms with Crippen LogP contribution in [0.5, 0.6) is 0 Å². The molecule has 0 saturated carbocycles.